The van der Waals surface area contributed by atoms with Crippen LogP contribution in [0.4, 0.5) is 0 Å². The van der Waals surface area contributed by atoms with Gasteiger partial charge in [0.1, 0.15) is 0 Å². The normalized spacial score (nSPS) is 10.3. The van der Waals surface area contributed by atoms with Crippen LogP contribution >= 0.6 is 0 Å². The van der Waals surface area contributed by atoms with Crippen molar-refractivity contribution in [1.29, 1.82) is 0 Å². The van der Waals surface area contributed by atoms with Crippen molar-refractivity contribution in [2.45, 2.75) is 0 Å². The predicted octanol–water partition coefficient (Wildman–Crippen LogP) is 12.2. The number of fused-ring (bicyclic) bond motifs is 12. The number of rotatable bonds is 2. The molecule has 0 aliphatic carbocycles. The van der Waals surface area contributed by atoms with E-state index in [4.69, 9.17) is 10.2 Å². The first-order valence-corrected chi connectivity index (χ1v) is 21.3. The summed E-state index contributed by atoms with van der Waals surface area (Å²) in [5.41, 5.74) is 7.99. The van der Waals surface area contributed by atoms with Gasteiger partial charge in [0.15, 0.2) is 0 Å². The summed E-state index contributed by atoms with van der Waals surface area (Å²) < 4.78 is 0. The molecule has 0 saturated carbocycles. The quantitative estimate of drug-likeness (QED) is 0.124. The molecule has 0 atom stereocenters. The van der Waals surface area contributed by atoms with Crippen LogP contribution in [0.1, 0.15) is 20.7 Å². The Morgan fingerprint density at radius 2 is 0.386 bits per heavy atom. The van der Waals surface area contributed by atoms with Gasteiger partial charge in [-0.05, 0) is 72.8 Å². The average Bonchev–Trinajstić information content (AvgIpc) is 3.41. The van der Waals surface area contributed by atoms with Gasteiger partial charge in [-0.1, -0.05) is 97.1 Å². The van der Waals surface area contributed by atoms with E-state index in [0.29, 0.717) is 0 Å². The number of aromatic carboxylic acids is 2. The van der Waals surface area contributed by atoms with Crippen LogP contribution in [0.2, 0.25) is 0 Å². The van der Waals surface area contributed by atoms with Crippen LogP contribution in [-0.2, 0) is 34.1 Å². The van der Waals surface area contributed by atoms with E-state index in [9.17, 15) is 9.59 Å². The van der Waals surface area contributed by atoms with Crippen LogP contribution in [0.3, 0.4) is 0 Å². The van der Waals surface area contributed by atoms with E-state index >= 15 is 0 Å². The zero-order valence-corrected chi connectivity index (χ0v) is 38.6. The molecule has 0 spiro atoms. The Bertz CT molecular complexity index is 3230. The standard InChI is InChI=1S/4C12H8N2.C8H6O4.2Cu/c4*1-3-9-5-6-10-4-2-8-14-12(10)11(9)13-7-1;9-7(10)5-1-2-6(4-3-5)8(11)12;;/h4*1-8H;1-4H,(H,9,10)(H,11,12);;/q;;;;;2*+2. The van der Waals surface area contributed by atoms with Crippen molar-refractivity contribution < 1.29 is 53.9 Å². The first-order chi connectivity index (χ1) is 33.4. The van der Waals surface area contributed by atoms with Gasteiger partial charge in [-0.15, -0.1) is 0 Å². The third-order valence-corrected chi connectivity index (χ3v) is 10.8. The minimum Gasteiger partial charge on any atom is -0.478 e. The molecule has 344 valence electrons. The third kappa shape index (κ3) is 11.4. The van der Waals surface area contributed by atoms with Gasteiger partial charge >= 0.3 is 46.1 Å². The summed E-state index contributed by atoms with van der Waals surface area (Å²) in [4.78, 5) is 55.4. The van der Waals surface area contributed by atoms with E-state index in [1.54, 1.807) is 49.6 Å². The van der Waals surface area contributed by atoms with E-state index < -0.39 is 11.9 Å². The number of hydrogen-bond acceptors (Lipinski definition) is 10. The van der Waals surface area contributed by atoms with Crippen LogP contribution < -0.4 is 0 Å². The topological polar surface area (TPSA) is 178 Å². The minimum atomic E-state index is -1.06. The van der Waals surface area contributed by atoms with Gasteiger partial charge in [0.05, 0.1) is 55.3 Å². The van der Waals surface area contributed by atoms with Crippen LogP contribution in [-0.4, -0.2) is 62.0 Å². The fraction of sp³-hybridized carbons (Fsp3) is 0. The summed E-state index contributed by atoms with van der Waals surface area (Å²) in [5, 5.41) is 26.0. The average molecular weight is 1010 g/mol. The van der Waals surface area contributed by atoms with Gasteiger partial charge in [-0.2, -0.15) is 0 Å². The van der Waals surface area contributed by atoms with Crippen molar-refractivity contribution in [2.24, 2.45) is 0 Å². The molecule has 70 heavy (non-hydrogen) atoms. The molecule has 12 nitrogen and oxygen atoms in total. The largest absolute Gasteiger partial charge is 2.00 e. The molecule has 0 amide bonds. The summed E-state index contributed by atoms with van der Waals surface area (Å²) >= 11 is 0. The van der Waals surface area contributed by atoms with Crippen molar-refractivity contribution >= 4 is 99.2 Å². The van der Waals surface area contributed by atoms with Crippen molar-refractivity contribution in [3.05, 3.63) is 231 Å². The Hall–Kier alpha value is -8.64. The van der Waals surface area contributed by atoms with Crippen LogP contribution in [0.15, 0.2) is 219 Å². The first kappa shape index (κ1) is 49.3. The van der Waals surface area contributed by atoms with Gasteiger partial charge in [0.2, 0.25) is 0 Å². The molecule has 13 rings (SSSR count). The molecule has 2 radical (unpaired) electrons. The molecule has 0 aliphatic heterocycles. The maximum Gasteiger partial charge on any atom is 2.00 e. The van der Waals surface area contributed by atoms with Crippen LogP contribution in [0.5, 0.6) is 0 Å². The van der Waals surface area contributed by atoms with E-state index in [0.717, 1.165) is 87.2 Å². The fourth-order valence-electron chi connectivity index (χ4n) is 7.47. The van der Waals surface area contributed by atoms with Gasteiger partial charge in [0.25, 0.3) is 0 Å². The van der Waals surface area contributed by atoms with E-state index in [2.05, 4.69) is 137 Å². The Kier molecular flexibility index (Phi) is 16.5. The summed E-state index contributed by atoms with van der Waals surface area (Å²) in [6, 6.07) is 53.6. The molecule has 8 aromatic heterocycles. The number of benzene rings is 5. The number of nitrogens with zero attached hydrogens (tertiary/aromatic N) is 8. The number of hydrogen-bond donors (Lipinski definition) is 2. The summed E-state index contributed by atoms with van der Waals surface area (Å²) in [5.74, 6) is -2.13. The number of pyridine rings is 8. The van der Waals surface area contributed by atoms with Gasteiger partial charge < -0.3 is 10.2 Å². The number of carbonyl (C=O) groups is 2. The van der Waals surface area contributed by atoms with Gasteiger partial charge in [-0.3, -0.25) is 39.9 Å². The predicted molar refractivity (Wildman–Crippen MR) is 269 cm³/mol. The van der Waals surface area contributed by atoms with E-state index in [1.807, 2.05) is 48.5 Å². The Balaban J connectivity index is 0.000000128. The Morgan fingerprint density at radius 3 is 0.514 bits per heavy atom. The summed E-state index contributed by atoms with van der Waals surface area (Å²) in [6.07, 6.45) is 14.4. The maximum absolute atomic E-state index is 10.3. The zero-order valence-electron chi connectivity index (χ0n) is 36.7. The zero-order chi connectivity index (χ0) is 46.7. The SMILES string of the molecule is O=C(O)c1ccc(C(=O)O)cc1.[Cu+2].[Cu+2].c1cnc2c(c1)ccc1cccnc12.c1cnc2c(c1)ccc1cccnc12.c1cnc2c(c1)ccc1cccnc12.c1cnc2c(c1)ccc1cccnc12. The van der Waals surface area contributed by atoms with Gasteiger partial charge in [0, 0.05) is 92.7 Å². The molecule has 0 aliphatic rings. The van der Waals surface area contributed by atoms with Crippen LogP contribution in [0.25, 0.3) is 87.2 Å². The summed E-state index contributed by atoms with van der Waals surface area (Å²) in [7, 11) is 0. The molecule has 5 aromatic carbocycles. The fourth-order valence-corrected chi connectivity index (χ4v) is 7.47. The minimum absolute atomic E-state index is 0. The van der Waals surface area contributed by atoms with Crippen molar-refractivity contribution in [3.8, 4) is 0 Å². The van der Waals surface area contributed by atoms with E-state index in [1.165, 1.54) is 24.3 Å². The second-order valence-electron chi connectivity index (χ2n) is 15.1. The second-order valence-corrected chi connectivity index (χ2v) is 15.1. The molecule has 0 saturated heterocycles. The number of aromatic nitrogens is 8. The Morgan fingerprint density at radius 1 is 0.243 bits per heavy atom. The number of carboxylic acids is 2. The van der Waals surface area contributed by atoms with E-state index in [-0.39, 0.29) is 45.3 Å². The molecule has 0 fully saturated rings. The molecule has 2 N–H and O–H groups in total. The first-order valence-electron chi connectivity index (χ1n) is 21.3. The van der Waals surface area contributed by atoms with Crippen molar-refractivity contribution in [3.63, 3.8) is 0 Å². The Labute approximate surface area is 421 Å². The molecule has 13 aromatic rings. The molecular formula is C56H38Cu2N8O4+4. The molecule has 14 heteroatoms. The van der Waals surface area contributed by atoms with Crippen molar-refractivity contribution in [1.82, 2.24) is 39.9 Å². The summed E-state index contributed by atoms with van der Waals surface area (Å²) in [6.45, 7) is 0. The number of carboxylic acid groups (broad SMARTS) is 2. The molecule has 8 heterocycles. The molecule has 0 bridgehead atoms. The second kappa shape index (κ2) is 23.4. The third-order valence-electron chi connectivity index (χ3n) is 10.8. The van der Waals surface area contributed by atoms with Crippen molar-refractivity contribution in [2.75, 3.05) is 0 Å². The molecule has 0 unspecified atom stereocenters. The smallest absolute Gasteiger partial charge is 0.478 e. The molecular weight excluding hydrogens is 976 g/mol. The van der Waals surface area contributed by atoms with Gasteiger partial charge in [-0.25, -0.2) is 9.59 Å². The van der Waals surface area contributed by atoms with Crippen LogP contribution in [0, 0.1) is 0 Å². The maximum atomic E-state index is 10.3. The monoisotopic (exact) mass is 1010 g/mol.